The number of carbonyl (C=O) groups excluding carboxylic acids is 1. The molecule has 3 aliphatic rings. The van der Waals surface area contributed by atoms with Crippen LogP contribution in [0.4, 0.5) is 0 Å². The number of nitrogens with zero attached hydrogens (tertiary/aromatic N) is 3. The van der Waals surface area contributed by atoms with Gasteiger partial charge in [-0.25, -0.2) is 0 Å². The molecule has 0 bridgehead atoms. The molecule has 0 aromatic rings. The summed E-state index contributed by atoms with van der Waals surface area (Å²) in [6.45, 7) is 7.04. The molecule has 0 aromatic carbocycles. The molecule has 1 amide bonds. The maximum absolute atomic E-state index is 11.7. The van der Waals surface area contributed by atoms with Crippen LogP contribution in [0.25, 0.3) is 0 Å². The van der Waals surface area contributed by atoms with Crippen LogP contribution >= 0.6 is 11.8 Å². The van der Waals surface area contributed by atoms with Gasteiger partial charge >= 0.3 is 0 Å². The highest BCUT2D eigenvalue weighted by Gasteiger charge is 2.38. The molecule has 2 N–H and O–H groups in total. The molecular formula is C20H37N5OS. The average molecular weight is 396 g/mol. The SMILES string of the molecule is CCNC(=NCC1(N2CCSCC2)CCCCC1)NC1CCC(=O)N(C)C1. The molecule has 1 atom stereocenters. The highest BCUT2D eigenvalue weighted by Crippen LogP contribution is 2.35. The van der Waals surface area contributed by atoms with Crippen LogP contribution in [0.2, 0.25) is 0 Å². The standard InChI is InChI=1S/C20H37N5OS/c1-3-21-19(23-17-7-8-18(26)24(2)15-17)22-16-20(9-5-4-6-10-20)25-11-13-27-14-12-25/h17H,3-16H2,1-2H3,(H2,21,22,23). The monoisotopic (exact) mass is 395 g/mol. The lowest BCUT2D eigenvalue weighted by Gasteiger charge is -2.47. The lowest BCUT2D eigenvalue weighted by molar-refractivity contribution is -0.132. The minimum absolute atomic E-state index is 0.249. The number of rotatable bonds is 5. The number of aliphatic imine (C=N–C) groups is 1. The number of hydrogen-bond acceptors (Lipinski definition) is 4. The van der Waals surface area contributed by atoms with E-state index in [0.29, 0.717) is 12.5 Å². The number of carbonyl (C=O) groups is 1. The molecule has 27 heavy (non-hydrogen) atoms. The average Bonchev–Trinajstić information content (AvgIpc) is 2.70. The van der Waals surface area contributed by atoms with Crippen molar-refractivity contribution in [2.75, 3.05) is 51.3 Å². The van der Waals surface area contributed by atoms with Gasteiger partial charge in [-0.1, -0.05) is 19.3 Å². The van der Waals surface area contributed by atoms with Crippen LogP contribution in [0.15, 0.2) is 4.99 Å². The Morgan fingerprint density at radius 3 is 2.67 bits per heavy atom. The van der Waals surface area contributed by atoms with E-state index in [1.807, 2.05) is 11.9 Å². The Hall–Kier alpha value is -0.950. The number of piperidine rings is 1. The van der Waals surface area contributed by atoms with Gasteiger partial charge in [0.05, 0.1) is 6.54 Å². The number of likely N-dealkylation sites (N-methyl/N-ethyl adjacent to an activating group) is 1. The summed E-state index contributed by atoms with van der Waals surface area (Å²) >= 11 is 2.08. The number of likely N-dealkylation sites (tertiary alicyclic amines) is 1. The first-order chi connectivity index (χ1) is 13.1. The Morgan fingerprint density at radius 2 is 2.00 bits per heavy atom. The van der Waals surface area contributed by atoms with E-state index in [-0.39, 0.29) is 11.4 Å². The van der Waals surface area contributed by atoms with Crippen molar-refractivity contribution in [1.82, 2.24) is 20.4 Å². The fourth-order valence-corrected chi connectivity index (χ4v) is 5.59. The zero-order valence-corrected chi connectivity index (χ0v) is 18.0. The second-order valence-corrected chi connectivity index (χ2v) is 9.46. The largest absolute Gasteiger partial charge is 0.357 e. The van der Waals surface area contributed by atoms with E-state index in [9.17, 15) is 4.79 Å². The lowest BCUT2D eigenvalue weighted by atomic mass is 9.80. The molecule has 7 heteroatoms. The highest BCUT2D eigenvalue weighted by molar-refractivity contribution is 7.99. The molecule has 0 aromatic heterocycles. The smallest absolute Gasteiger partial charge is 0.222 e. The van der Waals surface area contributed by atoms with Crippen LogP contribution < -0.4 is 10.6 Å². The molecule has 2 heterocycles. The van der Waals surface area contributed by atoms with E-state index < -0.39 is 0 Å². The van der Waals surface area contributed by atoms with Crippen LogP contribution in [-0.2, 0) is 4.79 Å². The van der Waals surface area contributed by atoms with Gasteiger partial charge in [-0.15, -0.1) is 0 Å². The minimum Gasteiger partial charge on any atom is -0.357 e. The van der Waals surface area contributed by atoms with E-state index in [2.05, 4.69) is 34.2 Å². The van der Waals surface area contributed by atoms with Crippen LogP contribution in [0.1, 0.15) is 51.9 Å². The Bertz CT molecular complexity index is 515. The summed E-state index contributed by atoms with van der Waals surface area (Å²) < 4.78 is 0. The predicted molar refractivity (Wildman–Crippen MR) is 114 cm³/mol. The zero-order valence-electron chi connectivity index (χ0n) is 17.1. The third-order valence-corrected chi connectivity index (χ3v) is 7.25. The van der Waals surface area contributed by atoms with Gasteiger partial charge in [0.25, 0.3) is 0 Å². The predicted octanol–water partition coefficient (Wildman–Crippen LogP) is 1.91. The summed E-state index contributed by atoms with van der Waals surface area (Å²) in [6.07, 6.45) is 8.11. The van der Waals surface area contributed by atoms with Crippen molar-refractivity contribution in [3.05, 3.63) is 0 Å². The number of hydrogen-bond donors (Lipinski definition) is 2. The molecule has 2 saturated heterocycles. The fourth-order valence-electron chi connectivity index (χ4n) is 4.69. The van der Waals surface area contributed by atoms with Gasteiger partial charge in [-0.2, -0.15) is 11.8 Å². The summed E-state index contributed by atoms with van der Waals surface area (Å²) in [6, 6.07) is 0.291. The van der Waals surface area contributed by atoms with Crippen molar-refractivity contribution >= 4 is 23.6 Å². The van der Waals surface area contributed by atoms with E-state index in [0.717, 1.165) is 32.0 Å². The molecule has 6 nitrogen and oxygen atoms in total. The van der Waals surface area contributed by atoms with E-state index in [1.165, 1.54) is 56.7 Å². The maximum Gasteiger partial charge on any atom is 0.222 e. The summed E-state index contributed by atoms with van der Waals surface area (Å²) in [5.41, 5.74) is 0.251. The van der Waals surface area contributed by atoms with Crippen molar-refractivity contribution in [3.8, 4) is 0 Å². The van der Waals surface area contributed by atoms with Crippen molar-refractivity contribution in [2.45, 2.75) is 63.5 Å². The molecule has 1 aliphatic carbocycles. The second-order valence-electron chi connectivity index (χ2n) is 8.23. The van der Waals surface area contributed by atoms with E-state index >= 15 is 0 Å². The van der Waals surface area contributed by atoms with Gasteiger partial charge in [0.15, 0.2) is 5.96 Å². The second kappa shape index (κ2) is 10.0. The molecule has 0 spiro atoms. The zero-order chi connectivity index (χ0) is 19.1. The topological polar surface area (TPSA) is 60.0 Å². The van der Waals surface area contributed by atoms with Crippen molar-refractivity contribution in [3.63, 3.8) is 0 Å². The van der Waals surface area contributed by atoms with E-state index in [1.54, 1.807) is 0 Å². The number of nitrogens with one attached hydrogen (secondary N) is 2. The highest BCUT2D eigenvalue weighted by atomic mass is 32.2. The van der Waals surface area contributed by atoms with Gasteiger partial charge in [0.2, 0.25) is 5.91 Å². The molecule has 3 fully saturated rings. The van der Waals surface area contributed by atoms with Crippen molar-refractivity contribution < 1.29 is 4.79 Å². The van der Waals surface area contributed by atoms with Crippen molar-refractivity contribution in [2.24, 2.45) is 4.99 Å². The molecular weight excluding hydrogens is 358 g/mol. The molecule has 0 radical (unpaired) electrons. The first-order valence-corrected chi connectivity index (χ1v) is 11.9. The number of thioether (sulfide) groups is 1. The number of amides is 1. The maximum atomic E-state index is 11.7. The number of guanidine groups is 1. The van der Waals surface area contributed by atoms with Gasteiger partial charge in [-0.05, 0) is 26.2 Å². The summed E-state index contributed by atoms with van der Waals surface area (Å²) in [5, 5.41) is 7.02. The first kappa shape index (κ1) is 20.8. The first-order valence-electron chi connectivity index (χ1n) is 10.7. The quantitative estimate of drug-likeness (QED) is 0.550. The Balaban J connectivity index is 1.66. The third-order valence-electron chi connectivity index (χ3n) is 6.31. The molecule has 2 aliphatic heterocycles. The molecule has 1 saturated carbocycles. The Labute approximate surface area is 168 Å². The minimum atomic E-state index is 0.249. The molecule has 1 unspecified atom stereocenters. The third kappa shape index (κ3) is 5.53. The fraction of sp³-hybridized carbons (Fsp3) is 0.900. The van der Waals surface area contributed by atoms with Gasteiger partial charge in [-0.3, -0.25) is 14.7 Å². The Kier molecular flexibility index (Phi) is 7.70. The van der Waals surface area contributed by atoms with E-state index in [4.69, 9.17) is 4.99 Å². The van der Waals surface area contributed by atoms with Crippen LogP contribution in [0, 0.1) is 0 Å². The normalized spacial score (nSPS) is 27.5. The summed E-state index contributed by atoms with van der Waals surface area (Å²) in [5.74, 6) is 3.68. The summed E-state index contributed by atoms with van der Waals surface area (Å²) in [4.78, 5) is 21.4. The summed E-state index contributed by atoms with van der Waals surface area (Å²) in [7, 11) is 1.89. The Morgan fingerprint density at radius 1 is 1.26 bits per heavy atom. The van der Waals surface area contributed by atoms with Gasteiger partial charge in [0.1, 0.15) is 0 Å². The van der Waals surface area contributed by atoms with Crippen LogP contribution in [0.3, 0.4) is 0 Å². The van der Waals surface area contributed by atoms with Crippen LogP contribution in [0.5, 0.6) is 0 Å². The lowest BCUT2D eigenvalue weighted by Crippen LogP contribution is -2.56. The van der Waals surface area contributed by atoms with Crippen molar-refractivity contribution in [1.29, 1.82) is 0 Å². The van der Waals surface area contributed by atoms with Gasteiger partial charge in [0, 0.05) is 62.7 Å². The van der Waals surface area contributed by atoms with Gasteiger partial charge < -0.3 is 15.5 Å². The molecule has 3 rings (SSSR count). The van der Waals surface area contributed by atoms with Crippen LogP contribution in [-0.4, -0.2) is 84.5 Å². The molecule has 154 valence electrons.